The first-order chi connectivity index (χ1) is 11.6. The van der Waals surface area contributed by atoms with Crippen LogP contribution < -0.4 is 0 Å². The highest BCUT2D eigenvalue weighted by atomic mass is 19.1. The smallest absolute Gasteiger partial charge is 0.302 e. The summed E-state index contributed by atoms with van der Waals surface area (Å²) in [5.41, 5.74) is 2.34. The molecule has 3 rings (SSSR count). The maximum Gasteiger partial charge on any atom is 0.302 e. The summed E-state index contributed by atoms with van der Waals surface area (Å²) in [6, 6.07) is 5.16. The third kappa shape index (κ3) is 3.80. The minimum atomic E-state index is -0.245. The van der Waals surface area contributed by atoms with E-state index >= 15 is 0 Å². The third-order valence-corrected chi connectivity index (χ3v) is 5.49. The molecule has 2 saturated heterocycles. The molecule has 0 saturated carbocycles. The van der Waals surface area contributed by atoms with Crippen LogP contribution in [0.25, 0.3) is 0 Å². The predicted molar refractivity (Wildman–Crippen MR) is 90.2 cm³/mol. The standard InChI is InChI=1S/C20H27FO3/c1-3-4-5-14-6-7-16(21)10-15(14)11-17-18(12-23-13(2)22)20-9-8-19(17)24-20/h6-7,10,17-20H,3-5,8-9,11-12H2,1-2H3. The van der Waals surface area contributed by atoms with Gasteiger partial charge in [0.2, 0.25) is 0 Å². The van der Waals surface area contributed by atoms with Crippen molar-refractivity contribution in [2.24, 2.45) is 11.8 Å². The van der Waals surface area contributed by atoms with E-state index in [1.807, 2.05) is 6.07 Å². The van der Waals surface area contributed by atoms with Crippen molar-refractivity contribution in [2.45, 2.75) is 64.6 Å². The van der Waals surface area contributed by atoms with Gasteiger partial charge in [-0.1, -0.05) is 19.4 Å². The van der Waals surface area contributed by atoms with Crippen molar-refractivity contribution >= 4 is 5.97 Å². The van der Waals surface area contributed by atoms with Gasteiger partial charge in [0, 0.05) is 12.8 Å². The Morgan fingerprint density at radius 3 is 2.71 bits per heavy atom. The lowest BCUT2D eigenvalue weighted by Gasteiger charge is -2.28. The first-order valence-corrected chi connectivity index (χ1v) is 9.14. The summed E-state index contributed by atoms with van der Waals surface area (Å²) in [4.78, 5) is 11.2. The monoisotopic (exact) mass is 334 g/mol. The molecule has 0 N–H and O–H groups in total. The number of benzene rings is 1. The van der Waals surface area contributed by atoms with E-state index in [4.69, 9.17) is 9.47 Å². The Morgan fingerprint density at radius 1 is 1.25 bits per heavy atom. The summed E-state index contributed by atoms with van der Waals surface area (Å²) in [5.74, 6) is 0.122. The van der Waals surface area contributed by atoms with E-state index in [-0.39, 0.29) is 29.9 Å². The van der Waals surface area contributed by atoms with E-state index in [0.717, 1.165) is 44.1 Å². The second-order valence-corrected chi connectivity index (χ2v) is 7.14. The second kappa shape index (κ2) is 7.64. The lowest BCUT2D eigenvalue weighted by molar-refractivity contribution is -0.143. The summed E-state index contributed by atoms with van der Waals surface area (Å²) >= 11 is 0. The summed E-state index contributed by atoms with van der Waals surface area (Å²) < 4.78 is 25.1. The summed E-state index contributed by atoms with van der Waals surface area (Å²) in [5, 5.41) is 0. The molecule has 0 amide bonds. The topological polar surface area (TPSA) is 35.5 Å². The maximum absolute atomic E-state index is 13.8. The number of ether oxygens (including phenoxy) is 2. The van der Waals surface area contributed by atoms with Crippen LogP contribution >= 0.6 is 0 Å². The molecule has 4 unspecified atom stereocenters. The van der Waals surface area contributed by atoms with E-state index in [1.165, 1.54) is 12.5 Å². The summed E-state index contributed by atoms with van der Waals surface area (Å²) in [6.45, 7) is 4.03. The molecule has 2 aliphatic rings. The Bertz CT molecular complexity index is 586. The number of hydrogen-bond acceptors (Lipinski definition) is 3. The zero-order valence-electron chi connectivity index (χ0n) is 14.6. The van der Waals surface area contributed by atoms with Crippen molar-refractivity contribution in [2.75, 3.05) is 6.61 Å². The van der Waals surface area contributed by atoms with Gasteiger partial charge in [0.1, 0.15) is 5.82 Å². The quantitative estimate of drug-likeness (QED) is 0.705. The highest BCUT2D eigenvalue weighted by Crippen LogP contribution is 2.45. The fourth-order valence-corrected chi connectivity index (χ4v) is 4.25. The maximum atomic E-state index is 13.8. The van der Waals surface area contributed by atoms with Gasteiger partial charge in [-0.05, 0) is 61.3 Å². The van der Waals surface area contributed by atoms with Gasteiger partial charge in [0.25, 0.3) is 0 Å². The molecular formula is C20H27FO3. The number of rotatable bonds is 7. The van der Waals surface area contributed by atoms with Crippen LogP contribution in [-0.2, 0) is 27.1 Å². The largest absolute Gasteiger partial charge is 0.465 e. The van der Waals surface area contributed by atoms with Crippen LogP contribution in [0.1, 0.15) is 50.7 Å². The first kappa shape index (κ1) is 17.4. The molecule has 0 aromatic heterocycles. The van der Waals surface area contributed by atoms with Crippen molar-refractivity contribution in [3.8, 4) is 0 Å². The van der Waals surface area contributed by atoms with Crippen molar-refractivity contribution in [3.05, 3.63) is 35.1 Å². The number of esters is 1. The van der Waals surface area contributed by atoms with Gasteiger partial charge >= 0.3 is 5.97 Å². The molecule has 4 heteroatoms. The van der Waals surface area contributed by atoms with Crippen LogP contribution in [-0.4, -0.2) is 24.8 Å². The van der Waals surface area contributed by atoms with E-state index in [0.29, 0.717) is 12.5 Å². The molecule has 2 heterocycles. The normalized spacial score (nSPS) is 28.3. The molecule has 0 spiro atoms. The first-order valence-electron chi connectivity index (χ1n) is 9.14. The number of carbonyl (C=O) groups excluding carboxylic acids is 1. The molecular weight excluding hydrogens is 307 g/mol. The molecule has 1 aromatic rings. The Morgan fingerprint density at radius 2 is 2.00 bits per heavy atom. The zero-order chi connectivity index (χ0) is 17.1. The molecule has 2 aliphatic heterocycles. The number of aryl methyl sites for hydroxylation is 1. The van der Waals surface area contributed by atoms with Crippen molar-refractivity contribution in [1.82, 2.24) is 0 Å². The number of halogens is 1. The third-order valence-electron chi connectivity index (χ3n) is 5.49. The highest BCUT2D eigenvalue weighted by molar-refractivity contribution is 5.65. The number of hydrogen-bond donors (Lipinski definition) is 0. The fraction of sp³-hybridized carbons (Fsp3) is 0.650. The Kier molecular flexibility index (Phi) is 5.54. The lowest BCUT2D eigenvalue weighted by Crippen LogP contribution is -2.33. The van der Waals surface area contributed by atoms with Crippen LogP contribution in [0.2, 0.25) is 0 Å². The van der Waals surface area contributed by atoms with Crippen LogP contribution in [0.4, 0.5) is 4.39 Å². The minimum absolute atomic E-state index is 0.175. The van der Waals surface area contributed by atoms with Crippen LogP contribution in [0, 0.1) is 17.7 Å². The number of carbonyl (C=O) groups is 1. The second-order valence-electron chi connectivity index (χ2n) is 7.14. The molecule has 132 valence electrons. The molecule has 4 atom stereocenters. The molecule has 1 aromatic carbocycles. The minimum Gasteiger partial charge on any atom is -0.465 e. The average molecular weight is 334 g/mol. The molecule has 0 aliphatic carbocycles. The Hall–Kier alpha value is -1.42. The highest BCUT2D eigenvalue weighted by Gasteiger charge is 2.49. The number of fused-ring (bicyclic) bond motifs is 2. The summed E-state index contributed by atoms with van der Waals surface area (Å²) in [6.07, 6.45) is 6.55. The van der Waals surface area contributed by atoms with Crippen LogP contribution in [0.3, 0.4) is 0 Å². The van der Waals surface area contributed by atoms with Crippen molar-refractivity contribution in [1.29, 1.82) is 0 Å². The predicted octanol–water partition coefficient (Wildman–Crippen LogP) is 4.07. The van der Waals surface area contributed by atoms with Crippen LogP contribution in [0.5, 0.6) is 0 Å². The number of unbranched alkanes of at least 4 members (excludes halogenated alkanes) is 1. The van der Waals surface area contributed by atoms with E-state index < -0.39 is 0 Å². The van der Waals surface area contributed by atoms with Gasteiger partial charge in [-0.2, -0.15) is 0 Å². The molecule has 2 bridgehead atoms. The van der Waals surface area contributed by atoms with Gasteiger partial charge in [-0.25, -0.2) is 4.39 Å². The fourth-order valence-electron chi connectivity index (χ4n) is 4.25. The molecule has 3 nitrogen and oxygen atoms in total. The Labute approximate surface area is 143 Å². The van der Waals surface area contributed by atoms with Crippen molar-refractivity contribution < 1.29 is 18.7 Å². The van der Waals surface area contributed by atoms with Gasteiger partial charge in [0.05, 0.1) is 18.8 Å². The molecule has 0 radical (unpaired) electrons. The van der Waals surface area contributed by atoms with Crippen molar-refractivity contribution in [3.63, 3.8) is 0 Å². The van der Waals surface area contributed by atoms with E-state index in [9.17, 15) is 9.18 Å². The summed E-state index contributed by atoms with van der Waals surface area (Å²) in [7, 11) is 0. The zero-order valence-corrected chi connectivity index (χ0v) is 14.6. The van der Waals surface area contributed by atoms with E-state index in [2.05, 4.69) is 6.92 Å². The lowest BCUT2D eigenvalue weighted by atomic mass is 9.76. The molecule has 24 heavy (non-hydrogen) atoms. The van der Waals surface area contributed by atoms with Gasteiger partial charge < -0.3 is 9.47 Å². The van der Waals surface area contributed by atoms with E-state index in [1.54, 1.807) is 12.1 Å². The van der Waals surface area contributed by atoms with Gasteiger partial charge in [-0.3, -0.25) is 4.79 Å². The van der Waals surface area contributed by atoms with Gasteiger partial charge in [-0.15, -0.1) is 0 Å². The van der Waals surface area contributed by atoms with Gasteiger partial charge in [0.15, 0.2) is 0 Å². The van der Waals surface area contributed by atoms with Crippen LogP contribution in [0.15, 0.2) is 18.2 Å². The average Bonchev–Trinajstić information content (AvgIpc) is 3.14. The SMILES string of the molecule is CCCCc1ccc(F)cc1CC1C2CCC(O2)C1COC(C)=O. The Balaban J connectivity index is 1.75. The molecule has 2 fully saturated rings.